The highest BCUT2D eigenvalue weighted by atomic mass is 16.8. The maximum absolute atomic E-state index is 13.0. The van der Waals surface area contributed by atoms with E-state index in [0.29, 0.717) is 6.54 Å². The summed E-state index contributed by atoms with van der Waals surface area (Å²) in [6.07, 6.45) is 3.18. The van der Waals surface area contributed by atoms with Crippen LogP contribution in [-0.4, -0.2) is 35.3 Å². The maximum atomic E-state index is 13.0. The van der Waals surface area contributed by atoms with Crippen molar-refractivity contribution in [1.29, 1.82) is 0 Å². The number of nitrogens with zero attached hydrogens (tertiary/aromatic N) is 1. The van der Waals surface area contributed by atoms with Gasteiger partial charge in [0.15, 0.2) is 11.9 Å². The molecule has 2 unspecified atom stereocenters. The van der Waals surface area contributed by atoms with Gasteiger partial charge in [-0.3, -0.25) is 4.79 Å². The van der Waals surface area contributed by atoms with Gasteiger partial charge in [0.25, 0.3) is 5.91 Å². The van der Waals surface area contributed by atoms with Crippen molar-refractivity contribution in [2.45, 2.75) is 58.2 Å². The molecule has 0 spiro atoms. The maximum Gasteiger partial charge on any atom is 0.254 e. The molecule has 0 aromatic heterocycles. The second-order valence-electron chi connectivity index (χ2n) is 7.23. The van der Waals surface area contributed by atoms with Crippen molar-refractivity contribution in [3.63, 3.8) is 0 Å². The lowest BCUT2D eigenvalue weighted by Gasteiger charge is -2.25. The Morgan fingerprint density at radius 2 is 2.09 bits per heavy atom. The number of ether oxygens (including phenoxy) is 2. The molecule has 23 heavy (non-hydrogen) atoms. The van der Waals surface area contributed by atoms with E-state index < -0.39 is 11.9 Å². The third-order valence-electron chi connectivity index (χ3n) is 4.96. The third kappa shape index (κ3) is 2.60. The van der Waals surface area contributed by atoms with Crippen LogP contribution in [0.4, 0.5) is 0 Å². The van der Waals surface area contributed by atoms with Crippen LogP contribution in [-0.2, 0) is 20.8 Å². The first-order valence-electron chi connectivity index (χ1n) is 8.36. The van der Waals surface area contributed by atoms with Gasteiger partial charge in [0.05, 0.1) is 6.10 Å². The number of hydrogen-bond acceptors (Lipinski definition) is 3. The van der Waals surface area contributed by atoms with E-state index >= 15 is 0 Å². The number of amides is 1. The quantitative estimate of drug-likeness (QED) is 0.739. The molecule has 4 heteroatoms. The van der Waals surface area contributed by atoms with Crippen LogP contribution in [0.15, 0.2) is 24.3 Å². The van der Waals surface area contributed by atoms with Gasteiger partial charge in [-0.05, 0) is 50.3 Å². The van der Waals surface area contributed by atoms with E-state index in [2.05, 4.69) is 31.2 Å². The molecular formula is C19H23NO3. The number of fused-ring (bicyclic) bond motifs is 6. The first-order valence-corrected chi connectivity index (χ1v) is 8.36. The Bertz CT molecular complexity index is 692. The molecular weight excluding hydrogens is 290 g/mol. The van der Waals surface area contributed by atoms with Gasteiger partial charge in [-0.25, -0.2) is 0 Å². The molecule has 1 fully saturated rings. The largest absolute Gasteiger partial charge is 0.344 e. The summed E-state index contributed by atoms with van der Waals surface area (Å²) in [5.41, 5.74) is 5.10. The number of rotatable bonds is 0. The van der Waals surface area contributed by atoms with E-state index in [1.54, 1.807) is 0 Å². The molecule has 1 saturated heterocycles. The molecule has 3 aliphatic rings. The zero-order valence-electron chi connectivity index (χ0n) is 14.0. The van der Waals surface area contributed by atoms with E-state index in [1.807, 2.05) is 18.7 Å². The van der Waals surface area contributed by atoms with Crippen molar-refractivity contribution < 1.29 is 14.3 Å². The molecule has 1 aromatic carbocycles. The minimum Gasteiger partial charge on any atom is -0.344 e. The minimum atomic E-state index is -0.693. The lowest BCUT2D eigenvalue weighted by Crippen LogP contribution is -2.43. The second-order valence-corrected chi connectivity index (χ2v) is 7.23. The van der Waals surface area contributed by atoms with Gasteiger partial charge in [-0.1, -0.05) is 29.8 Å². The van der Waals surface area contributed by atoms with E-state index in [0.717, 1.165) is 19.4 Å². The van der Waals surface area contributed by atoms with Gasteiger partial charge in [0, 0.05) is 13.1 Å². The molecule has 1 aromatic rings. The molecule has 2 bridgehead atoms. The molecule has 0 aliphatic carbocycles. The normalized spacial score (nSPS) is 29.1. The second kappa shape index (κ2) is 5.18. The highest BCUT2D eigenvalue weighted by molar-refractivity contribution is 5.83. The fourth-order valence-corrected chi connectivity index (χ4v) is 3.86. The average molecular weight is 313 g/mol. The van der Waals surface area contributed by atoms with Crippen molar-refractivity contribution >= 4 is 11.5 Å². The van der Waals surface area contributed by atoms with Crippen LogP contribution >= 0.6 is 0 Å². The van der Waals surface area contributed by atoms with Crippen LogP contribution in [0, 0.1) is 6.92 Å². The number of benzene rings is 1. The number of hydrogen-bond donors (Lipinski definition) is 0. The van der Waals surface area contributed by atoms with Crippen molar-refractivity contribution in [2.24, 2.45) is 0 Å². The van der Waals surface area contributed by atoms with E-state index in [1.165, 1.54) is 22.3 Å². The van der Waals surface area contributed by atoms with Crippen LogP contribution in [0.1, 0.15) is 43.4 Å². The van der Waals surface area contributed by atoms with Gasteiger partial charge in [-0.15, -0.1) is 0 Å². The molecule has 0 radical (unpaired) electrons. The highest BCUT2D eigenvalue weighted by Gasteiger charge is 2.46. The Morgan fingerprint density at radius 1 is 1.26 bits per heavy atom. The lowest BCUT2D eigenvalue weighted by atomic mass is 9.94. The number of carbonyl (C=O) groups is 1. The fourth-order valence-electron chi connectivity index (χ4n) is 3.86. The summed E-state index contributed by atoms with van der Waals surface area (Å²) in [6.45, 7) is 7.27. The monoisotopic (exact) mass is 313 g/mol. The molecule has 0 saturated carbocycles. The van der Waals surface area contributed by atoms with Gasteiger partial charge < -0.3 is 14.4 Å². The first-order chi connectivity index (χ1) is 10.9. The molecule has 3 heterocycles. The topological polar surface area (TPSA) is 38.8 Å². The Balaban J connectivity index is 1.79. The summed E-state index contributed by atoms with van der Waals surface area (Å²) in [7, 11) is 0. The lowest BCUT2D eigenvalue weighted by molar-refractivity contribution is -0.161. The van der Waals surface area contributed by atoms with Gasteiger partial charge in [0.2, 0.25) is 0 Å². The SMILES string of the molecule is Cc1ccc2c(c1)C1=CCC3OC(C)(C)OC3C(=O)N(CC1)C2. The van der Waals surface area contributed by atoms with Crippen molar-refractivity contribution in [1.82, 2.24) is 4.90 Å². The minimum absolute atomic E-state index is 0.0589. The van der Waals surface area contributed by atoms with Gasteiger partial charge in [0.1, 0.15) is 0 Å². The predicted octanol–water partition coefficient (Wildman–Crippen LogP) is 3.03. The predicted molar refractivity (Wildman–Crippen MR) is 87.6 cm³/mol. The van der Waals surface area contributed by atoms with Crippen LogP contribution in [0.3, 0.4) is 0 Å². The molecule has 3 aliphatic heterocycles. The van der Waals surface area contributed by atoms with E-state index in [4.69, 9.17) is 9.47 Å². The average Bonchev–Trinajstić information content (AvgIpc) is 2.72. The molecule has 4 rings (SSSR count). The summed E-state index contributed by atoms with van der Waals surface area (Å²) in [5.74, 6) is -0.634. The Labute approximate surface area is 137 Å². The number of aryl methyl sites for hydroxylation is 1. The van der Waals surface area contributed by atoms with Crippen LogP contribution in [0.5, 0.6) is 0 Å². The Morgan fingerprint density at radius 3 is 2.91 bits per heavy atom. The van der Waals surface area contributed by atoms with E-state index in [-0.39, 0.29) is 12.0 Å². The number of carbonyl (C=O) groups excluding carboxylic acids is 1. The Hall–Kier alpha value is -1.65. The molecule has 4 nitrogen and oxygen atoms in total. The molecule has 1 amide bonds. The van der Waals surface area contributed by atoms with Crippen LogP contribution in [0.2, 0.25) is 0 Å². The van der Waals surface area contributed by atoms with Crippen molar-refractivity contribution in [2.75, 3.05) is 6.54 Å². The zero-order valence-corrected chi connectivity index (χ0v) is 14.0. The standard InChI is InChI=1S/C19H23NO3/c1-12-4-5-14-11-20-9-8-13(15(14)10-12)6-7-16-17(18(20)21)23-19(2,3)22-16/h4-6,10,16-17H,7-9,11H2,1-3H3. The summed E-state index contributed by atoms with van der Waals surface area (Å²) >= 11 is 0. The third-order valence-corrected chi connectivity index (χ3v) is 4.96. The smallest absolute Gasteiger partial charge is 0.254 e. The van der Waals surface area contributed by atoms with Crippen LogP contribution < -0.4 is 0 Å². The van der Waals surface area contributed by atoms with E-state index in [9.17, 15) is 4.79 Å². The summed E-state index contributed by atoms with van der Waals surface area (Å²) < 4.78 is 11.9. The molecule has 2 atom stereocenters. The highest BCUT2D eigenvalue weighted by Crippen LogP contribution is 2.36. The van der Waals surface area contributed by atoms with Gasteiger partial charge >= 0.3 is 0 Å². The van der Waals surface area contributed by atoms with Crippen molar-refractivity contribution in [3.8, 4) is 0 Å². The zero-order chi connectivity index (χ0) is 16.2. The Kier molecular flexibility index (Phi) is 3.36. The molecule has 122 valence electrons. The fraction of sp³-hybridized carbons (Fsp3) is 0.526. The summed E-state index contributed by atoms with van der Waals surface area (Å²) in [6, 6.07) is 6.51. The van der Waals surface area contributed by atoms with Crippen molar-refractivity contribution in [3.05, 3.63) is 41.0 Å². The van der Waals surface area contributed by atoms with Crippen LogP contribution in [0.25, 0.3) is 5.57 Å². The molecule has 0 N–H and O–H groups in total. The summed E-state index contributed by atoms with van der Waals surface area (Å²) in [4.78, 5) is 14.9. The van der Waals surface area contributed by atoms with Gasteiger partial charge in [-0.2, -0.15) is 0 Å². The summed E-state index contributed by atoms with van der Waals surface area (Å²) in [5, 5.41) is 0. The first kappa shape index (κ1) is 14.9.